The molecule has 12 nitrogen and oxygen atoms in total. The van der Waals surface area contributed by atoms with Crippen LogP contribution in [0.15, 0.2) is 90.5 Å². The molecule has 0 bridgehead atoms. The van der Waals surface area contributed by atoms with Gasteiger partial charge in [0.15, 0.2) is 5.79 Å². The standard InChI is InChI=1S/C47H54N2O10/c1-46(2,3)58-41(52)23-22-37(28-50)49-44(54)33-12-7-9-30(24-33)27-48-43(53)34-25-39(42-40(26-34)57-47(59-42,35-18-19-35)36-20-21-36)56-45(55)32-16-14-29(15-17-32)8-6-11-31-10-4-5-13-38(31)51/h4-10,12-17,24,26,35-37,39-40,42,50-51H,11,18-23,25,27-28H2,1-3H3,(H,48,53)(H,49,54)/t37-,39+,40+,42-/m0/s1. The number of ether oxygens (including phenoxy) is 4. The summed E-state index contributed by atoms with van der Waals surface area (Å²) in [5.74, 6) is -1.65. The smallest absolute Gasteiger partial charge is 0.338 e. The van der Waals surface area contributed by atoms with Crippen LogP contribution in [0.25, 0.3) is 6.08 Å². The normalized spacial score (nSPS) is 21.6. The Kier molecular flexibility index (Phi) is 12.7. The summed E-state index contributed by atoms with van der Waals surface area (Å²) >= 11 is 0. The Morgan fingerprint density at radius 1 is 0.915 bits per heavy atom. The van der Waals surface area contributed by atoms with Crippen LogP contribution >= 0.6 is 0 Å². The number of amides is 2. The van der Waals surface area contributed by atoms with E-state index >= 15 is 0 Å². The van der Waals surface area contributed by atoms with Gasteiger partial charge >= 0.3 is 11.9 Å². The highest BCUT2D eigenvalue weighted by atomic mass is 16.8. The number of fused-ring (bicyclic) bond motifs is 1. The van der Waals surface area contributed by atoms with Gasteiger partial charge in [-0.05, 0) is 112 Å². The predicted molar refractivity (Wildman–Crippen MR) is 219 cm³/mol. The number of phenols is 1. The minimum Gasteiger partial charge on any atom is -0.508 e. The Labute approximate surface area is 345 Å². The Morgan fingerprint density at radius 2 is 1.64 bits per heavy atom. The van der Waals surface area contributed by atoms with E-state index in [1.807, 2.05) is 42.5 Å². The second kappa shape index (κ2) is 17.9. The first kappa shape index (κ1) is 41.8. The second-order valence-electron chi connectivity index (χ2n) is 17.0. The number of carbonyl (C=O) groups is 4. The molecule has 1 heterocycles. The van der Waals surface area contributed by atoms with E-state index in [2.05, 4.69) is 10.6 Å². The molecule has 2 amide bonds. The van der Waals surface area contributed by atoms with Gasteiger partial charge < -0.3 is 39.8 Å². The zero-order valence-corrected chi connectivity index (χ0v) is 33.9. The van der Waals surface area contributed by atoms with Crippen LogP contribution in [0, 0.1) is 11.8 Å². The van der Waals surface area contributed by atoms with Crippen LogP contribution in [-0.4, -0.2) is 76.3 Å². The van der Waals surface area contributed by atoms with Crippen LogP contribution < -0.4 is 10.6 Å². The largest absolute Gasteiger partial charge is 0.508 e. The molecular formula is C47H54N2O10. The maximum atomic E-state index is 13.8. The minimum atomic E-state index is -0.766. The highest BCUT2D eigenvalue weighted by Gasteiger charge is 2.64. The van der Waals surface area contributed by atoms with Gasteiger partial charge in [-0.3, -0.25) is 14.4 Å². The molecule has 4 atom stereocenters. The number of esters is 2. The molecule has 3 aromatic carbocycles. The third kappa shape index (κ3) is 10.7. The van der Waals surface area contributed by atoms with E-state index in [9.17, 15) is 29.4 Å². The zero-order chi connectivity index (χ0) is 41.7. The zero-order valence-electron chi connectivity index (χ0n) is 33.9. The quantitative estimate of drug-likeness (QED) is 0.120. The molecule has 0 radical (unpaired) electrons. The molecule has 7 rings (SSSR count). The Bertz CT molecular complexity index is 2070. The fraction of sp³-hybridized carbons (Fsp3) is 0.447. The van der Waals surface area contributed by atoms with E-state index in [-0.39, 0.29) is 55.9 Å². The molecular weight excluding hydrogens is 753 g/mol. The molecule has 312 valence electrons. The summed E-state index contributed by atoms with van der Waals surface area (Å²) in [4.78, 5) is 52.7. The number of carbonyl (C=O) groups excluding carboxylic acids is 4. The van der Waals surface area contributed by atoms with Gasteiger partial charge in [-0.2, -0.15) is 0 Å². The lowest BCUT2D eigenvalue weighted by molar-refractivity contribution is -0.209. The summed E-state index contributed by atoms with van der Waals surface area (Å²) in [6.07, 6.45) is 8.78. The van der Waals surface area contributed by atoms with Gasteiger partial charge in [-0.1, -0.05) is 54.6 Å². The average molecular weight is 807 g/mol. The summed E-state index contributed by atoms with van der Waals surface area (Å²) < 4.78 is 25.0. The van der Waals surface area contributed by atoms with E-state index in [0.29, 0.717) is 28.7 Å². The first-order valence-corrected chi connectivity index (χ1v) is 20.6. The SMILES string of the molecule is CC(C)(C)OC(=O)CC[C@@H](CO)NC(=O)c1cccc(CNC(=O)C2=C[C@H]3OC(C4CC4)(C4CC4)O[C@H]3[C@H](OC(=O)c3ccc(C=CCc4ccccc4O)cc3)C2)c1. The molecule has 3 aromatic rings. The minimum absolute atomic E-state index is 0.0420. The lowest BCUT2D eigenvalue weighted by Gasteiger charge is -2.31. The van der Waals surface area contributed by atoms with E-state index < -0.39 is 53.6 Å². The third-order valence-corrected chi connectivity index (χ3v) is 11.1. The number of aromatic hydroxyl groups is 1. The highest BCUT2D eigenvalue weighted by molar-refractivity contribution is 5.95. The van der Waals surface area contributed by atoms with Gasteiger partial charge in [0.2, 0.25) is 5.91 Å². The molecule has 0 unspecified atom stereocenters. The fourth-order valence-corrected chi connectivity index (χ4v) is 7.79. The molecule has 4 N–H and O–H groups in total. The predicted octanol–water partition coefficient (Wildman–Crippen LogP) is 6.33. The van der Waals surface area contributed by atoms with Crippen molar-refractivity contribution in [3.05, 3.63) is 118 Å². The van der Waals surface area contributed by atoms with E-state index in [0.717, 1.165) is 36.8 Å². The second-order valence-corrected chi connectivity index (χ2v) is 17.0. The van der Waals surface area contributed by atoms with Crippen molar-refractivity contribution in [3.8, 4) is 5.75 Å². The van der Waals surface area contributed by atoms with E-state index in [1.165, 1.54) is 0 Å². The summed E-state index contributed by atoms with van der Waals surface area (Å²) in [6, 6.07) is 20.4. The van der Waals surface area contributed by atoms with Crippen LogP contribution in [0.2, 0.25) is 0 Å². The van der Waals surface area contributed by atoms with Gasteiger partial charge in [-0.15, -0.1) is 0 Å². The highest BCUT2D eigenvalue weighted by Crippen LogP contribution is 2.59. The molecule has 3 fully saturated rings. The van der Waals surface area contributed by atoms with E-state index in [4.69, 9.17) is 18.9 Å². The molecule has 1 aliphatic heterocycles. The van der Waals surface area contributed by atoms with Crippen LogP contribution in [-0.2, 0) is 41.5 Å². The molecule has 2 saturated carbocycles. The van der Waals surface area contributed by atoms with Crippen LogP contribution in [0.4, 0.5) is 0 Å². The molecule has 1 saturated heterocycles. The van der Waals surface area contributed by atoms with Crippen LogP contribution in [0.5, 0.6) is 5.75 Å². The molecule has 0 spiro atoms. The van der Waals surface area contributed by atoms with Crippen molar-refractivity contribution in [1.82, 2.24) is 10.6 Å². The summed E-state index contributed by atoms with van der Waals surface area (Å²) in [5, 5.41) is 25.7. The molecule has 0 aromatic heterocycles. The first-order valence-electron chi connectivity index (χ1n) is 20.6. The number of hydrogen-bond donors (Lipinski definition) is 4. The van der Waals surface area contributed by atoms with Gasteiger partial charge in [0.25, 0.3) is 5.91 Å². The third-order valence-electron chi connectivity index (χ3n) is 11.1. The maximum Gasteiger partial charge on any atom is 0.338 e. The van der Waals surface area contributed by atoms with Crippen LogP contribution in [0.1, 0.15) is 103 Å². The van der Waals surface area contributed by atoms with Gasteiger partial charge in [0.1, 0.15) is 29.7 Å². The van der Waals surface area contributed by atoms with Gasteiger partial charge in [0.05, 0.1) is 18.2 Å². The van der Waals surface area contributed by atoms with Crippen molar-refractivity contribution in [2.24, 2.45) is 11.8 Å². The molecule has 4 aliphatic rings. The van der Waals surface area contributed by atoms with Crippen molar-refractivity contribution >= 4 is 29.8 Å². The lowest BCUT2D eigenvalue weighted by atomic mass is 9.91. The van der Waals surface area contributed by atoms with E-state index in [1.54, 1.807) is 69.3 Å². The summed E-state index contributed by atoms with van der Waals surface area (Å²) in [6.45, 7) is 5.10. The first-order chi connectivity index (χ1) is 28.3. The summed E-state index contributed by atoms with van der Waals surface area (Å²) in [7, 11) is 0. The Balaban J connectivity index is 0.984. The lowest BCUT2D eigenvalue weighted by Crippen LogP contribution is -2.44. The monoisotopic (exact) mass is 806 g/mol. The topological polar surface area (TPSA) is 170 Å². The van der Waals surface area contributed by atoms with Crippen molar-refractivity contribution in [1.29, 1.82) is 0 Å². The number of rotatable bonds is 16. The number of para-hydroxylation sites is 1. The number of aliphatic hydroxyl groups excluding tert-OH is 1. The van der Waals surface area contributed by atoms with Crippen molar-refractivity contribution in [3.63, 3.8) is 0 Å². The number of phenolic OH excluding ortho intramolecular Hbond substituents is 1. The Hall–Kier alpha value is -5.30. The van der Waals surface area contributed by atoms with Crippen LogP contribution in [0.3, 0.4) is 0 Å². The number of allylic oxidation sites excluding steroid dienone is 1. The number of aliphatic hydroxyl groups is 1. The van der Waals surface area contributed by atoms with Gasteiger partial charge in [0, 0.05) is 42.4 Å². The summed E-state index contributed by atoms with van der Waals surface area (Å²) in [5.41, 5.74) is 2.88. The maximum absolute atomic E-state index is 13.8. The molecule has 3 aliphatic carbocycles. The van der Waals surface area contributed by atoms with Crippen molar-refractivity contribution in [2.75, 3.05) is 6.61 Å². The van der Waals surface area contributed by atoms with Crippen molar-refractivity contribution < 1.29 is 48.3 Å². The Morgan fingerprint density at radius 3 is 2.32 bits per heavy atom. The number of hydrogen-bond acceptors (Lipinski definition) is 10. The van der Waals surface area contributed by atoms with Crippen molar-refractivity contribution in [2.45, 2.75) is 114 Å². The number of nitrogens with one attached hydrogen (secondary N) is 2. The number of benzene rings is 3. The molecule has 59 heavy (non-hydrogen) atoms. The van der Waals surface area contributed by atoms with Gasteiger partial charge in [-0.25, -0.2) is 4.79 Å². The average Bonchev–Trinajstić information content (AvgIpc) is 4.16. The fourth-order valence-electron chi connectivity index (χ4n) is 7.79. The molecule has 12 heteroatoms.